The standard InChI is InChI=1S/C14H17NO2/c1-3-12-6-8-13(9-7-12)17-11(2)15-10-4-5-14(15)16/h3,6-9,11H,1,4-5,10H2,2H3. The molecule has 3 nitrogen and oxygen atoms in total. The second kappa shape index (κ2) is 5.04. The molecule has 0 saturated carbocycles. The molecule has 0 aliphatic carbocycles. The number of rotatable bonds is 4. The van der Waals surface area contributed by atoms with E-state index in [1.165, 1.54) is 0 Å². The normalized spacial score (nSPS) is 17.0. The molecule has 1 saturated heterocycles. The SMILES string of the molecule is C=Cc1ccc(OC(C)N2CCCC2=O)cc1. The zero-order chi connectivity index (χ0) is 12.3. The first kappa shape index (κ1) is 11.7. The molecule has 0 bridgehead atoms. The molecule has 1 aromatic rings. The fourth-order valence-electron chi connectivity index (χ4n) is 2.00. The molecule has 0 radical (unpaired) electrons. The third-order valence-electron chi connectivity index (χ3n) is 2.97. The average Bonchev–Trinajstić information content (AvgIpc) is 2.76. The molecule has 3 heteroatoms. The van der Waals surface area contributed by atoms with Crippen LogP contribution in [0.1, 0.15) is 25.3 Å². The number of hydrogen-bond acceptors (Lipinski definition) is 2. The van der Waals surface area contributed by atoms with Gasteiger partial charge in [0.2, 0.25) is 5.91 Å². The highest BCUT2D eigenvalue weighted by Gasteiger charge is 2.25. The Bertz CT molecular complexity index is 411. The summed E-state index contributed by atoms with van der Waals surface area (Å²) in [6.45, 7) is 6.40. The van der Waals surface area contributed by atoms with Gasteiger partial charge in [-0.3, -0.25) is 4.79 Å². The molecule has 2 rings (SSSR count). The molecular formula is C14H17NO2. The first-order valence-electron chi connectivity index (χ1n) is 5.89. The molecule has 90 valence electrons. The number of nitrogens with zero attached hydrogens (tertiary/aromatic N) is 1. The van der Waals surface area contributed by atoms with Crippen LogP contribution in [0.5, 0.6) is 5.75 Å². The molecule has 17 heavy (non-hydrogen) atoms. The van der Waals surface area contributed by atoms with E-state index in [2.05, 4.69) is 6.58 Å². The van der Waals surface area contributed by atoms with Gasteiger partial charge in [0.25, 0.3) is 0 Å². The highest BCUT2D eigenvalue weighted by Crippen LogP contribution is 2.19. The van der Waals surface area contributed by atoms with E-state index in [1.54, 1.807) is 11.0 Å². The summed E-state index contributed by atoms with van der Waals surface area (Å²) >= 11 is 0. The lowest BCUT2D eigenvalue weighted by molar-refractivity contribution is -0.134. The van der Waals surface area contributed by atoms with Gasteiger partial charge in [-0.2, -0.15) is 0 Å². The fourth-order valence-corrected chi connectivity index (χ4v) is 2.00. The lowest BCUT2D eigenvalue weighted by Gasteiger charge is -2.24. The van der Waals surface area contributed by atoms with Gasteiger partial charge in [-0.25, -0.2) is 0 Å². The first-order chi connectivity index (χ1) is 8.20. The van der Waals surface area contributed by atoms with Crippen molar-refractivity contribution in [2.75, 3.05) is 6.54 Å². The van der Waals surface area contributed by atoms with Crippen molar-refractivity contribution in [1.82, 2.24) is 4.90 Å². The fraction of sp³-hybridized carbons (Fsp3) is 0.357. The van der Waals surface area contributed by atoms with E-state index in [-0.39, 0.29) is 12.1 Å². The molecule has 0 spiro atoms. The van der Waals surface area contributed by atoms with Crippen molar-refractivity contribution in [3.8, 4) is 5.75 Å². The predicted molar refractivity (Wildman–Crippen MR) is 67.6 cm³/mol. The third kappa shape index (κ3) is 2.67. The van der Waals surface area contributed by atoms with E-state index < -0.39 is 0 Å². The Morgan fingerprint density at radius 1 is 1.41 bits per heavy atom. The quantitative estimate of drug-likeness (QED) is 0.797. The molecule has 0 aromatic heterocycles. The summed E-state index contributed by atoms with van der Waals surface area (Å²) in [6.07, 6.45) is 3.17. The van der Waals surface area contributed by atoms with Gasteiger partial charge >= 0.3 is 0 Å². The van der Waals surface area contributed by atoms with E-state index in [0.717, 1.165) is 24.3 Å². The van der Waals surface area contributed by atoms with Crippen LogP contribution in [0, 0.1) is 0 Å². The lowest BCUT2D eigenvalue weighted by atomic mass is 10.2. The molecule has 1 aliphatic rings. The summed E-state index contributed by atoms with van der Waals surface area (Å²) < 4.78 is 5.74. The van der Waals surface area contributed by atoms with Crippen LogP contribution in [0.4, 0.5) is 0 Å². The number of amides is 1. The molecule has 0 N–H and O–H groups in total. The van der Waals surface area contributed by atoms with Gasteiger partial charge in [0.05, 0.1) is 0 Å². The van der Waals surface area contributed by atoms with Crippen LogP contribution in [0.3, 0.4) is 0 Å². The summed E-state index contributed by atoms with van der Waals surface area (Å²) in [4.78, 5) is 13.3. The number of benzene rings is 1. The second-order valence-electron chi connectivity index (χ2n) is 4.18. The van der Waals surface area contributed by atoms with Gasteiger partial charge in [-0.15, -0.1) is 0 Å². The summed E-state index contributed by atoms with van der Waals surface area (Å²) in [5, 5.41) is 0. The zero-order valence-electron chi connectivity index (χ0n) is 10.1. The van der Waals surface area contributed by atoms with E-state index in [9.17, 15) is 4.79 Å². The zero-order valence-corrected chi connectivity index (χ0v) is 10.1. The number of carbonyl (C=O) groups is 1. The molecule has 1 unspecified atom stereocenters. The van der Waals surface area contributed by atoms with Crippen molar-refractivity contribution in [3.63, 3.8) is 0 Å². The number of carbonyl (C=O) groups excluding carboxylic acids is 1. The molecule has 1 amide bonds. The Kier molecular flexibility index (Phi) is 3.47. The van der Waals surface area contributed by atoms with Gasteiger partial charge in [-0.1, -0.05) is 24.8 Å². The topological polar surface area (TPSA) is 29.5 Å². The molecule has 1 heterocycles. The predicted octanol–water partition coefficient (Wildman–Crippen LogP) is 2.68. The van der Waals surface area contributed by atoms with Crippen molar-refractivity contribution in [2.45, 2.75) is 26.0 Å². The maximum absolute atomic E-state index is 11.5. The van der Waals surface area contributed by atoms with Gasteiger partial charge in [0.1, 0.15) is 5.75 Å². The van der Waals surface area contributed by atoms with Crippen LogP contribution < -0.4 is 4.74 Å². The smallest absolute Gasteiger partial charge is 0.225 e. The minimum atomic E-state index is -0.195. The Balaban J connectivity index is 1.99. The Labute approximate surface area is 102 Å². The Hall–Kier alpha value is -1.77. The van der Waals surface area contributed by atoms with E-state index in [0.29, 0.717) is 6.42 Å². The van der Waals surface area contributed by atoms with Crippen LogP contribution >= 0.6 is 0 Å². The second-order valence-corrected chi connectivity index (χ2v) is 4.18. The van der Waals surface area contributed by atoms with E-state index in [1.807, 2.05) is 31.2 Å². The molecular weight excluding hydrogens is 214 g/mol. The van der Waals surface area contributed by atoms with Crippen LogP contribution in [-0.2, 0) is 4.79 Å². The summed E-state index contributed by atoms with van der Waals surface area (Å²) in [7, 11) is 0. The maximum atomic E-state index is 11.5. The lowest BCUT2D eigenvalue weighted by Crippen LogP contribution is -2.37. The van der Waals surface area contributed by atoms with Crippen molar-refractivity contribution >= 4 is 12.0 Å². The van der Waals surface area contributed by atoms with Crippen molar-refractivity contribution in [2.24, 2.45) is 0 Å². The first-order valence-corrected chi connectivity index (χ1v) is 5.89. The number of hydrogen-bond donors (Lipinski definition) is 0. The summed E-state index contributed by atoms with van der Waals surface area (Å²) in [5.74, 6) is 0.961. The highest BCUT2D eigenvalue weighted by molar-refractivity contribution is 5.78. The monoisotopic (exact) mass is 231 g/mol. The molecule has 1 aromatic carbocycles. The summed E-state index contributed by atoms with van der Waals surface area (Å²) in [5.41, 5.74) is 1.06. The van der Waals surface area contributed by atoms with Crippen LogP contribution in [0.25, 0.3) is 6.08 Å². The van der Waals surface area contributed by atoms with E-state index in [4.69, 9.17) is 4.74 Å². The van der Waals surface area contributed by atoms with Crippen molar-refractivity contribution in [1.29, 1.82) is 0 Å². The summed E-state index contributed by atoms with van der Waals surface area (Å²) in [6, 6.07) is 7.68. The molecule has 1 atom stereocenters. The number of ether oxygens (including phenoxy) is 1. The van der Waals surface area contributed by atoms with Gasteiger partial charge in [0, 0.05) is 13.0 Å². The van der Waals surface area contributed by atoms with Crippen LogP contribution in [0.15, 0.2) is 30.8 Å². The molecule has 1 fully saturated rings. The van der Waals surface area contributed by atoms with Crippen molar-refractivity contribution < 1.29 is 9.53 Å². The van der Waals surface area contributed by atoms with Crippen LogP contribution in [-0.4, -0.2) is 23.6 Å². The van der Waals surface area contributed by atoms with Crippen LogP contribution in [0.2, 0.25) is 0 Å². The van der Waals surface area contributed by atoms with Gasteiger partial charge in [-0.05, 0) is 31.0 Å². The van der Waals surface area contributed by atoms with Gasteiger partial charge < -0.3 is 9.64 Å². The minimum absolute atomic E-state index is 0.181. The largest absolute Gasteiger partial charge is 0.471 e. The highest BCUT2D eigenvalue weighted by atomic mass is 16.5. The average molecular weight is 231 g/mol. The maximum Gasteiger partial charge on any atom is 0.225 e. The van der Waals surface area contributed by atoms with E-state index >= 15 is 0 Å². The Morgan fingerprint density at radius 2 is 2.12 bits per heavy atom. The molecule has 1 aliphatic heterocycles. The van der Waals surface area contributed by atoms with Crippen molar-refractivity contribution in [3.05, 3.63) is 36.4 Å². The minimum Gasteiger partial charge on any atom is -0.471 e. The Morgan fingerprint density at radius 3 is 2.65 bits per heavy atom. The van der Waals surface area contributed by atoms with Gasteiger partial charge in [0.15, 0.2) is 6.23 Å². The third-order valence-corrected chi connectivity index (χ3v) is 2.97. The number of likely N-dealkylation sites (tertiary alicyclic amines) is 1.